The molecule has 1 atom stereocenters. The van der Waals surface area contributed by atoms with Crippen molar-refractivity contribution in [3.63, 3.8) is 0 Å². The van der Waals surface area contributed by atoms with Crippen LogP contribution in [0.15, 0.2) is 83.4 Å². The minimum absolute atomic E-state index is 0.131. The molecule has 0 aliphatic heterocycles. The van der Waals surface area contributed by atoms with E-state index in [1.54, 1.807) is 0 Å². The number of benzene rings is 3. The van der Waals surface area contributed by atoms with E-state index in [1.165, 1.54) is 17.3 Å². The number of hydrogen-bond acceptors (Lipinski definition) is 5. The van der Waals surface area contributed by atoms with Gasteiger partial charge in [0, 0.05) is 29.7 Å². The molecule has 0 radical (unpaired) electrons. The lowest BCUT2D eigenvalue weighted by atomic mass is 9.99. The molecule has 6 heteroatoms. The van der Waals surface area contributed by atoms with Crippen molar-refractivity contribution in [2.75, 3.05) is 0 Å². The lowest BCUT2D eigenvalue weighted by Crippen LogP contribution is -2.07. The molecule has 2 N–H and O–H groups in total. The predicted octanol–water partition coefficient (Wildman–Crippen LogP) is 6.13. The van der Waals surface area contributed by atoms with Crippen molar-refractivity contribution in [2.24, 2.45) is 0 Å². The summed E-state index contributed by atoms with van der Waals surface area (Å²) in [5.41, 5.74) is 6.37. The SMILES string of the molecule is Cc1noc(-c2ccc(-c3ccc(CCC(=O)O)cc3)cc2)c1CC(O)SCc1ccccc1. The molecule has 34 heavy (non-hydrogen) atoms. The Morgan fingerprint density at radius 2 is 1.53 bits per heavy atom. The molecule has 174 valence electrons. The van der Waals surface area contributed by atoms with E-state index in [-0.39, 0.29) is 6.42 Å². The standard InChI is InChI=1S/C28H27NO4S/c1-19-25(17-27(32)34-18-21-5-3-2-4-6-21)28(33-29-19)24-14-12-23(13-15-24)22-10-7-20(8-11-22)9-16-26(30)31/h2-8,10-15,27,32H,9,16-18H2,1H3,(H,30,31). The number of rotatable bonds is 10. The second-order valence-electron chi connectivity index (χ2n) is 8.20. The molecule has 1 unspecified atom stereocenters. The molecule has 0 bridgehead atoms. The number of aryl methyl sites for hydroxylation is 2. The summed E-state index contributed by atoms with van der Waals surface area (Å²) in [5.74, 6) is 0.641. The second kappa shape index (κ2) is 11.2. The number of nitrogens with zero attached hydrogens (tertiary/aromatic N) is 1. The van der Waals surface area contributed by atoms with Crippen LogP contribution in [0.2, 0.25) is 0 Å². The van der Waals surface area contributed by atoms with E-state index < -0.39 is 11.4 Å². The largest absolute Gasteiger partial charge is 0.481 e. The first-order valence-electron chi connectivity index (χ1n) is 11.2. The Labute approximate surface area is 203 Å². The van der Waals surface area contributed by atoms with Crippen LogP contribution in [0.4, 0.5) is 0 Å². The van der Waals surface area contributed by atoms with Crippen LogP contribution >= 0.6 is 11.8 Å². The Morgan fingerprint density at radius 3 is 2.18 bits per heavy atom. The quantitative estimate of drug-likeness (QED) is 0.270. The van der Waals surface area contributed by atoms with Crippen molar-refractivity contribution in [2.45, 2.75) is 37.4 Å². The normalized spacial score (nSPS) is 11.9. The van der Waals surface area contributed by atoms with E-state index in [0.717, 1.165) is 39.3 Å². The van der Waals surface area contributed by atoms with Gasteiger partial charge in [-0.25, -0.2) is 0 Å². The van der Waals surface area contributed by atoms with E-state index in [2.05, 4.69) is 17.3 Å². The molecule has 4 rings (SSSR count). The zero-order chi connectivity index (χ0) is 23.9. The molecule has 0 aliphatic rings. The third kappa shape index (κ3) is 6.16. The van der Waals surface area contributed by atoms with Crippen LogP contribution in [-0.2, 0) is 23.4 Å². The molecular weight excluding hydrogens is 446 g/mol. The topological polar surface area (TPSA) is 83.6 Å². The van der Waals surface area contributed by atoms with Crippen LogP contribution in [0.25, 0.3) is 22.5 Å². The van der Waals surface area contributed by atoms with Gasteiger partial charge in [-0.2, -0.15) is 0 Å². The monoisotopic (exact) mass is 473 g/mol. The van der Waals surface area contributed by atoms with Crippen molar-refractivity contribution < 1.29 is 19.5 Å². The highest BCUT2D eigenvalue weighted by Crippen LogP contribution is 2.31. The number of aliphatic hydroxyl groups excluding tert-OH is 1. The molecule has 0 spiro atoms. The van der Waals surface area contributed by atoms with Crippen molar-refractivity contribution in [1.82, 2.24) is 5.16 Å². The van der Waals surface area contributed by atoms with Crippen LogP contribution in [0.1, 0.15) is 28.8 Å². The van der Waals surface area contributed by atoms with Gasteiger partial charge in [0.2, 0.25) is 0 Å². The molecule has 5 nitrogen and oxygen atoms in total. The molecular formula is C28H27NO4S. The minimum Gasteiger partial charge on any atom is -0.481 e. The van der Waals surface area contributed by atoms with Crippen molar-refractivity contribution in [3.05, 3.63) is 101 Å². The summed E-state index contributed by atoms with van der Waals surface area (Å²) in [6, 6.07) is 26.1. The summed E-state index contributed by atoms with van der Waals surface area (Å²) in [6.45, 7) is 1.90. The molecule has 3 aromatic carbocycles. The Kier molecular flexibility index (Phi) is 7.83. The lowest BCUT2D eigenvalue weighted by Gasteiger charge is -2.11. The van der Waals surface area contributed by atoms with E-state index >= 15 is 0 Å². The summed E-state index contributed by atoms with van der Waals surface area (Å²) in [5, 5.41) is 23.6. The average molecular weight is 474 g/mol. The maximum absolute atomic E-state index is 10.8. The third-order valence-corrected chi connectivity index (χ3v) is 6.76. The first-order valence-corrected chi connectivity index (χ1v) is 12.2. The summed E-state index contributed by atoms with van der Waals surface area (Å²) < 4.78 is 5.63. The fourth-order valence-electron chi connectivity index (χ4n) is 3.79. The van der Waals surface area contributed by atoms with Crippen LogP contribution in [-0.4, -0.2) is 26.8 Å². The fraction of sp³-hybridized carbons (Fsp3) is 0.214. The number of aliphatic hydroxyl groups is 1. The zero-order valence-electron chi connectivity index (χ0n) is 19.0. The highest BCUT2D eigenvalue weighted by atomic mass is 32.2. The molecule has 0 fully saturated rings. The number of aromatic nitrogens is 1. The van der Waals surface area contributed by atoms with Gasteiger partial charge in [-0.15, -0.1) is 11.8 Å². The number of aliphatic carboxylic acids is 1. The number of carboxylic acid groups (broad SMARTS) is 1. The fourth-order valence-corrected chi connectivity index (χ4v) is 4.65. The van der Waals surface area contributed by atoms with E-state index in [1.807, 2.05) is 73.7 Å². The number of carboxylic acids is 1. The van der Waals surface area contributed by atoms with Gasteiger partial charge in [0.15, 0.2) is 5.76 Å². The maximum Gasteiger partial charge on any atom is 0.303 e. The molecule has 0 saturated carbocycles. The van der Waals surface area contributed by atoms with E-state index in [4.69, 9.17) is 9.63 Å². The zero-order valence-corrected chi connectivity index (χ0v) is 19.8. The molecule has 1 aromatic heterocycles. The summed E-state index contributed by atoms with van der Waals surface area (Å²) >= 11 is 1.50. The van der Waals surface area contributed by atoms with Crippen LogP contribution in [0.5, 0.6) is 0 Å². The van der Waals surface area contributed by atoms with Gasteiger partial charge < -0.3 is 14.7 Å². The first-order chi connectivity index (χ1) is 16.5. The van der Waals surface area contributed by atoms with E-state index in [0.29, 0.717) is 18.6 Å². The highest BCUT2D eigenvalue weighted by molar-refractivity contribution is 7.98. The van der Waals surface area contributed by atoms with Gasteiger partial charge >= 0.3 is 5.97 Å². The van der Waals surface area contributed by atoms with Gasteiger partial charge in [-0.05, 0) is 35.6 Å². The van der Waals surface area contributed by atoms with Gasteiger partial charge in [0.1, 0.15) is 5.44 Å². The van der Waals surface area contributed by atoms with Crippen molar-refractivity contribution in [1.29, 1.82) is 0 Å². The minimum atomic E-state index is -0.788. The van der Waals surface area contributed by atoms with Gasteiger partial charge in [0.25, 0.3) is 0 Å². The lowest BCUT2D eigenvalue weighted by molar-refractivity contribution is -0.136. The average Bonchev–Trinajstić information content (AvgIpc) is 3.22. The number of carbonyl (C=O) groups is 1. The Morgan fingerprint density at radius 1 is 0.912 bits per heavy atom. The second-order valence-corrected chi connectivity index (χ2v) is 9.37. The van der Waals surface area contributed by atoms with Gasteiger partial charge in [-0.3, -0.25) is 4.79 Å². The molecule has 4 aromatic rings. The smallest absolute Gasteiger partial charge is 0.303 e. The summed E-state index contributed by atoms with van der Waals surface area (Å²) in [4.78, 5) is 10.8. The Bertz CT molecular complexity index is 1220. The van der Waals surface area contributed by atoms with Gasteiger partial charge in [-0.1, -0.05) is 84.0 Å². The summed E-state index contributed by atoms with van der Waals surface area (Å²) in [7, 11) is 0. The van der Waals surface area contributed by atoms with Crippen LogP contribution in [0.3, 0.4) is 0 Å². The van der Waals surface area contributed by atoms with Crippen LogP contribution in [0, 0.1) is 6.92 Å². The molecule has 1 heterocycles. The van der Waals surface area contributed by atoms with E-state index in [9.17, 15) is 9.90 Å². The molecule has 0 amide bonds. The predicted molar refractivity (Wildman–Crippen MR) is 136 cm³/mol. The van der Waals surface area contributed by atoms with Crippen molar-refractivity contribution in [3.8, 4) is 22.5 Å². The maximum atomic E-state index is 10.8. The molecule has 0 saturated heterocycles. The summed E-state index contributed by atoms with van der Waals surface area (Å²) in [6.07, 6.45) is 1.12. The first kappa shape index (κ1) is 23.8. The van der Waals surface area contributed by atoms with Gasteiger partial charge in [0.05, 0.1) is 5.69 Å². The van der Waals surface area contributed by atoms with Crippen LogP contribution < -0.4 is 0 Å². The Hall–Kier alpha value is -3.35. The highest BCUT2D eigenvalue weighted by Gasteiger charge is 2.19. The third-order valence-electron chi connectivity index (χ3n) is 5.71. The molecule has 0 aliphatic carbocycles. The number of thioether (sulfide) groups is 1. The van der Waals surface area contributed by atoms with Crippen molar-refractivity contribution >= 4 is 17.7 Å². The number of hydrogen-bond donors (Lipinski definition) is 2. The Balaban J connectivity index is 1.43.